The Bertz CT molecular complexity index is 425. The minimum Gasteiger partial charge on any atom is -0.473 e. The average molecular weight is 228 g/mol. The van der Waals surface area contributed by atoms with E-state index in [-0.39, 0.29) is 0 Å². The molecule has 0 fully saturated rings. The van der Waals surface area contributed by atoms with Crippen LogP contribution in [0.3, 0.4) is 0 Å². The fraction of sp³-hybridized carbons (Fsp3) is 0. The normalized spacial score (nSPS) is 11.1. The van der Waals surface area contributed by atoms with Crippen molar-refractivity contribution in [2.24, 2.45) is 0 Å². The van der Waals surface area contributed by atoms with E-state index >= 15 is 0 Å². The first kappa shape index (κ1) is 11.2. The van der Waals surface area contributed by atoms with E-state index in [1.54, 1.807) is 12.1 Å². The quantitative estimate of drug-likeness (QED) is 0.487. The Morgan fingerprint density at radius 1 is 1.53 bits per heavy atom. The van der Waals surface area contributed by atoms with Crippen LogP contribution in [-0.4, -0.2) is 16.0 Å². The van der Waals surface area contributed by atoms with Crippen LogP contribution in [0.1, 0.15) is 5.56 Å². The van der Waals surface area contributed by atoms with Crippen LogP contribution in [0.4, 0.5) is 0 Å². The number of aliphatic carboxylic acids is 1. The Balaban J connectivity index is 3.13. The maximum absolute atomic E-state index is 10.5. The molecule has 0 saturated heterocycles. The molecule has 1 rings (SSSR count). The highest BCUT2D eigenvalue weighted by atomic mass is 35.5. The summed E-state index contributed by atoms with van der Waals surface area (Å²) in [5.74, 6) is -1.58. The Labute approximate surface area is 89.7 Å². The molecule has 0 unspecified atom stereocenters. The van der Waals surface area contributed by atoms with Gasteiger partial charge in [0.15, 0.2) is 0 Å². The number of carbonyl (C=O) groups is 1. The molecule has 0 aliphatic heterocycles. The predicted octanol–water partition coefficient (Wildman–Crippen LogP) is 2.04. The minimum absolute atomic E-state index is 0.372. The summed E-state index contributed by atoms with van der Waals surface area (Å²) in [6.07, 6.45) is 0.953. The van der Waals surface area contributed by atoms with E-state index in [4.69, 9.17) is 16.7 Å². The Morgan fingerprint density at radius 3 is 2.67 bits per heavy atom. The molecule has 5 nitrogen and oxygen atoms in total. The molecular weight excluding hydrogens is 222 g/mol. The highest BCUT2D eigenvalue weighted by Gasteiger charge is 2.20. The molecule has 0 aliphatic carbocycles. The standard InChI is InChI=1S/C9H6ClNO4/c10-7-3-1-2-6(4-7)5-8(9(12)13)11(14)15/h1-5H,(H,12,13)/b8-5+. The molecule has 15 heavy (non-hydrogen) atoms. The van der Waals surface area contributed by atoms with E-state index in [1.807, 2.05) is 0 Å². The Kier molecular flexibility index (Phi) is 3.41. The van der Waals surface area contributed by atoms with E-state index in [2.05, 4.69) is 0 Å². The number of rotatable bonds is 3. The molecule has 78 valence electrons. The highest BCUT2D eigenvalue weighted by Crippen LogP contribution is 2.14. The summed E-state index contributed by atoms with van der Waals surface area (Å²) >= 11 is 5.64. The van der Waals surface area contributed by atoms with Gasteiger partial charge in [0.25, 0.3) is 0 Å². The van der Waals surface area contributed by atoms with Gasteiger partial charge in [0.1, 0.15) is 0 Å². The summed E-state index contributed by atoms with van der Waals surface area (Å²) in [6.45, 7) is 0. The molecule has 1 N–H and O–H groups in total. The fourth-order valence-electron chi connectivity index (χ4n) is 0.947. The lowest BCUT2D eigenvalue weighted by Gasteiger charge is -1.94. The van der Waals surface area contributed by atoms with Gasteiger partial charge < -0.3 is 5.11 Å². The molecule has 0 radical (unpaired) electrons. The zero-order chi connectivity index (χ0) is 11.4. The number of nitrogens with zero attached hydrogens (tertiary/aromatic N) is 1. The second-order valence-corrected chi connectivity index (χ2v) is 3.08. The number of hydrogen-bond acceptors (Lipinski definition) is 3. The maximum Gasteiger partial charge on any atom is 0.407 e. The van der Waals surface area contributed by atoms with Crippen LogP contribution in [0.15, 0.2) is 30.0 Å². The van der Waals surface area contributed by atoms with Crippen LogP contribution in [0.2, 0.25) is 5.02 Å². The molecule has 1 aromatic carbocycles. The third kappa shape index (κ3) is 3.07. The lowest BCUT2D eigenvalue weighted by Crippen LogP contribution is -2.09. The number of hydrogen-bond donors (Lipinski definition) is 1. The molecule has 0 heterocycles. The SMILES string of the molecule is O=C(O)/C(=C\c1cccc(Cl)c1)[N+](=O)[O-]. The summed E-state index contributed by atoms with van der Waals surface area (Å²) in [6, 6.07) is 6.13. The van der Waals surface area contributed by atoms with Crippen molar-refractivity contribution in [2.45, 2.75) is 0 Å². The number of carboxylic acids is 1. The molecule has 6 heteroatoms. The Morgan fingerprint density at radius 2 is 2.20 bits per heavy atom. The monoisotopic (exact) mass is 227 g/mol. The Hall–Kier alpha value is -1.88. The number of carboxylic acid groups (broad SMARTS) is 1. The molecule has 0 atom stereocenters. The molecule has 0 amide bonds. The molecule has 0 aliphatic rings. The smallest absolute Gasteiger partial charge is 0.407 e. The first-order valence-corrected chi connectivity index (χ1v) is 4.23. The largest absolute Gasteiger partial charge is 0.473 e. The van der Waals surface area contributed by atoms with E-state index in [1.165, 1.54) is 12.1 Å². The highest BCUT2D eigenvalue weighted by molar-refractivity contribution is 6.30. The topological polar surface area (TPSA) is 80.4 Å². The third-order valence-electron chi connectivity index (χ3n) is 1.57. The van der Waals surface area contributed by atoms with Crippen LogP contribution in [0.5, 0.6) is 0 Å². The van der Waals surface area contributed by atoms with Gasteiger partial charge in [0, 0.05) is 11.1 Å². The fourth-order valence-corrected chi connectivity index (χ4v) is 1.15. The van der Waals surface area contributed by atoms with Crippen molar-refractivity contribution < 1.29 is 14.8 Å². The molecule has 0 aromatic heterocycles. The summed E-state index contributed by atoms with van der Waals surface area (Å²) < 4.78 is 0. The lowest BCUT2D eigenvalue weighted by atomic mass is 10.2. The van der Waals surface area contributed by atoms with Gasteiger partial charge in [0.2, 0.25) is 0 Å². The van der Waals surface area contributed by atoms with Crippen LogP contribution in [0, 0.1) is 10.1 Å². The zero-order valence-corrected chi connectivity index (χ0v) is 8.14. The van der Waals surface area contributed by atoms with E-state index < -0.39 is 16.6 Å². The van der Waals surface area contributed by atoms with Gasteiger partial charge >= 0.3 is 11.7 Å². The molecular formula is C9H6ClNO4. The third-order valence-corrected chi connectivity index (χ3v) is 1.80. The molecule has 0 bridgehead atoms. The van der Waals surface area contributed by atoms with Crippen LogP contribution in [-0.2, 0) is 4.79 Å². The van der Waals surface area contributed by atoms with Gasteiger partial charge in [-0.05, 0) is 17.7 Å². The number of nitro groups is 1. The second kappa shape index (κ2) is 4.56. The summed E-state index contributed by atoms with van der Waals surface area (Å²) in [4.78, 5) is 19.9. The van der Waals surface area contributed by atoms with Crippen LogP contribution in [0.25, 0.3) is 6.08 Å². The van der Waals surface area contributed by atoms with Gasteiger partial charge in [-0.2, -0.15) is 0 Å². The maximum atomic E-state index is 10.5. The summed E-state index contributed by atoms with van der Waals surface area (Å²) in [7, 11) is 0. The molecule has 1 aromatic rings. The van der Waals surface area contributed by atoms with Crippen molar-refractivity contribution in [1.29, 1.82) is 0 Å². The predicted molar refractivity (Wildman–Crippen MR) is 54.1 cm³/mol. The average Bonchev–Trinajstić information content (AvgIpc) is 2.13. The van der Waals surface area contributed by atoms with Crippen LogP contribution < -0.4 is 0 Å². The van der Waals surface area contributed by atoms with E-state index in [9.17, 15) is 14.9 Å². The molecule has 0 spiro atoms. The van der Waals surface area contributed by atoms with Gasteiger partial charge in [-0.1, -0.05) is 23.7 Å². The van der Waals surface area contributed by atoms with Crippen molar-refractivity contribution in [2.75, 3.05) is 0 Å². The van der Waals surface area contributed by atoms with Gasteiger partial charge in [-0.15, -0.1) is 0 Å². The first-order chi connectivity index (χ1) is 7.00. The van der Waals surface area contributed by atoms with Crippen molar-refractivity contribution >= 4 is 23.6 Å². The van der Waals surface area contributed by atoms with Crippen molar-refractivity contribution in [3.05, 3.63) is 50.7 Å². The minimum atomic E-state index is -1.58. The van der Waals surface area contributed by atoms with Gasteiger partial charge in [-0.3, -0.25) is 10.1 Å². The molecule has 0 saturated carbocycles. The van der Waals surface area contributed by atoms with Crippen molar-refractivity contribution in [3.8, 4) is 0 Å². The van der Waals surface area contributed by atoms with Crippen molar-refractivity contribution in [3.63, 3.8) is 0 Å². The second-order valence-electron chi connectivity index (χ2n) is 2.65. The van der Waals surface area contributed by atoms with Crippen molar-refractivity contribution in [1.82, 2.24) is 0 Å². The first-order valence-electron chi connectivity index (χ1n) is 3.85. The number of benzene rings is 1. The van der Waals surface area contributed by atoms with Gasteiger partial charge in [-0.25, -0.2) is 4.79 Å². The summed E-state index contributed by atoms with van der Waals surface area (Å²) in [5.41, 5.74) is -0.520. The van der Waals surface area contributed by atoms with Gasteiger partial charge in [0.05, 0.1) is 4.92 Å². The van der Waals surface area contributed by atoms with E-state index in [0.717, 1.165) is 6.08 Å². The summed E-state index contributed by atoms with van der Waals surface area (Å²) in [5, 5.41) is 19.3. The number of halogens is 1. The van der Waals surface area contributed by atoms with E-state index in [0.29, 0.717) is 10.6 Å². The van der Waals surface area contributed by atoms with Crippen LogP contribution >= 0.6 is 11.6 Å². The zero-order valence-electron chi connectivity index (χ0n) is 7.38. The lowest BCUT2D eigenvalue weighted by molar-refractivity contribution is -0.419.